The highest BCUT2D eigenvalue weighted by atomic mass is 19.1. The molecule has 1 fully saturated rings. The van der Waals surface area contributed by atoms with E-state index in [9.17, 15) is 14.7 Å². The molecule has 2 heterocycles. The molecule has 0 spiro atoms. The molecule has 0 bridgehead atoms. The first-order chi connectivity index (χ1) is 12.8. The van der Waals surface area contributed by atoms with Crippen molar-refractivity contribution in [3.8, 4) is 5.75 Å². The van der Waals surface area contributed by atoms with Gasteiger partial charge >= 0.3 is 5.97 Å². The molecule has 1 aliphatic rings. The van der Waals surface area contributed by atoms with E-state index < -0.39 is 22.8 Å². The van der Waals surface area contributed by atoms with Gasteiger partial charge in [0.05, 0.1) is 30.2 Å². The monoisotopic (exact) mass is 379 g/mol. The number of nitrogens with two attached hydrogens (primary N) is 1. The molecule has 0 unspecified atom stereocenters. The van der Waals surface area contributed by atoms with E-state index in [1.807, 2.05) is 0 Å². The lowest BCUT2D eigenvalue weighted by Crippen LogP contribution is -2.34. The van der Waals surface area contributed by atoms with Gasteiger partial charge in [0.1, 0.15) is 11.3 Å². The fraction of sp³-hybridized carbons (Fsp3) is 0.444. The van der Waals surface area contributed by atoms with Crippen LogP contribution in [0.25, 0.3) is 10.9 Å². The molecule has 0 aliphatic carbocycles. The average molecular weight is 379 g/mol. The van der Waals surface area contributed by atoms with E-state index in [4.69, 9.17) is 15.2 Å². The fourth-order valence-corrected chi connectivity index (χ4v) is 3.61. The molecule has 2 atom stereocenters. The summed E-state index contributed by atoms with van der Waals surface area (Å²) >= 11 is 0. The molecule has 27 heavy (non-hydrogen) atoms. The molecule has 1 aliphatic heterocycles. The van der Waals surface area contributed by atoms with Crippen molar-refractivity contribution >= 4 is 22.6 Å². The molecule has 146 valence electrons. The smallest absolute Gasteiger partial charge is 0.341 e. The molecule has 3 rings (SSSR count). The number of carboxylic acids is 1. The van der Waals surface area contributed by atoms with Crippen LogP contribution in [-0.2, 0) is 11.3 Å². The molecule has 0 saturated carbocycles. The summed E-state index contributed by atoms with van der Waals surface area (Å²) < 4.78 is 27.4. The van der Waals surface area contributed by atoms with Crippen LogP contribution >= 0.6 is 0 Å². The maximum absolute atomic E-state index is 15.0. The van der Waals surface area contributed by atoms with Crippen LogP contribution in [0, 0.1) is 5.82 Å². The number of ether oxygens (including phenoxy) is 2. The zero-order chi connectivity index (χ0) is 19.9. The summed E-state index contributed by atoms with van der Waals surface area (Å²) in [5, 5.41) is 9.24. The number of benzene rings is 1. The third-order valence-electron chi connectivity index (χ3n) is 4.95. The van der Waals surface area contributed by atoms with Gasteiger partial charge in [-0.1, -0.05) is 0 Å². The van der Waals surface area contributed by atoms with Crippen molar-refractivity contribution in [3.63, 3.8) is 0 Å². The number of halogens is 1. The van der Waals surface area contributed by atoms with Crippen LogP contribution in [-0.4, -0.2) is 55.1 Å². The Hall–Kier alpha value is -2.65. The summed E-state index contributed by atoms with van der Waals surface area (Å²) in [6.45, 7) is 2.91. The standard InChI is InChI=1S/C18H22FN3O5/c1-4-21-6-10(18(24)25)16(23)9-5-11(19)15(17(27-3)14(9)21)22-7-12(20)13(8-22)26-2/h5-6,12-13H,4,7-8,20H2,1-3H3,(H,24,25)/t12-,13+/m0/s1. The minimum atomic E-state index is -1.36. The number of hydrogen-bond donors (Lipinski definition) is 2. The molecular formula is C18H22FN3O5. The molecule has 3 N–H and O–H groups in total. The second-order valence-corrected chi connectivity index (χ2v) is 6.44. The van der Waals surface area contributed by atoms with E-state index in [1.165, 1.54) is 13.3 Å². The number of carbonyl (C=O) groups is 1. The van der Waals surface area contributed by atoms with Crippen LogP contribution in [0.5, 0.6) is 5.75 Å². The van der Waals surface area contributed by atoms with E-state index in [2.05, 4.69) is 0 Å². The van der Waals surface area contributed by atoms with Crippen LogP contribution in [0.1, 0.15) is 17.3 Å². The highest BCUT2D eigenvalue weighted by Crippen LogP contribution is 2.39. The maximum Gasteiger partial charge on any atom is 0.341 e. The number of anilines is 1. The van der Waals surface area contributed by atoms with Gasteiger partial charge < -0.3 is 29.8 Å². The number of aromatic carboxylic acids is 1. The third-order valence-corrected chi connectivity index (χ3v) is 4.95. The van der Waals surface area contributed by atoms with Crippen LogP contribution in [0.4, 0.5) is 10.1 Å². The molecular weight excluding hydrogens is 357 g/mol. The molecule has 1 saturated heterocycles. The number of rotatable bonds is 5. The van der Waals surface area contributed by atoms with Gasteiger partial charge in [0.2, 0.25) is 5.43 Å². The Morgan fingerprint density at radius 2 is 2.11 bits per heavy atom. The zero-order valence-corrected chi connectivity index (χ0v) is 15.4. The summed E-state index contributed by atoms with van der Waals surface area (Å²) in [5.41, 5.74) is 5.42. The quantitative estimate of drug-likeness (QED) is 0.799. The molecule has 0 radical (unpaired) electrons. The predicted octanol–water partition coefficient (Wildman–Crippen LogP) is 1.03. The van der Waals surface area contributed by atoms with Crippen molar-refractivity contribution < 1.29 is 23.8 Å². The molecule has 0 amide bonds. The first-order valence-corrected chi connectivity index (χ1v) is 8.54. The topological polar surface area (TPSA) is 107 Å². The Bertz CT molecular complexity index is 958. The third kappa shape index (κ3) is 3.02. The highest BCUT2D eigenvalue weighted by Gasteiger charge is 2.34. The molecule has 1 aromatic carbocycles. The minimum Gasteiger partial charge on any atom is -0.492 e. The van der Waals surface area contributed by atoms with Gasteiger partial charge in [0, 0.05) is 32.9 Å². The number of fused-ring (bicyclic) bond motifs is 1. The van der Waals surface area contributed by atoms with Crippen LogP contribution in [0.15, 0.2) is 17.1 Å². The SMILES string of the molecule is CCn1cc(C(=O)O)c(=O)c2cc(F)c(N3C[C@H](N)[C@H](OC)C3)c(OC)c21. The molecule has 1 aromatic heterocycles. The Morgan fingerprint density at radius 1 is 1.41 bits per heavy atom. The van der Waals surface area contributed by atoms with Gasteiger partial charge in [0.25, 0.3) is 0 Å². The second kappa shape index (κ2) is 7.16. The van der Waals surface area contributed by atoms with E-state index in [-0.39, 0.29) is 29.0 Å². The summed E-state index contributed by atoms with van der Waals surface area (Å²) in [5.74, 6) is -1.86. The number of aryl methyl sites for hydroxylation is 1. The zero-order valence-electron chi connectivity index (χ0n) is 15.4. The predicted molar refractivity (Wildman–Crippen MR) is 98.3 cm³/mol. The number of aromatic nitrogens is 1. The lowest BCUT2D eigenvalue weighted by Gasteiger charge is -2.24. The van der Waals surface area contributed by atoms with Gasteiger partial charge in [-0.3, -0.25) is 4.79 Å². The van der Waals surface area contributed by atoms with E-state index in [1.54, 1.807) is 23.5 Å². The molecule has 8 nitrogen and oxygen atoms in total. The summed E-state index contributed by atoms with van der Waals surface area (Å²) in [7, 11) is 2.93. The summed E-state index contributed by atoms with van der Waals surface area (Å²) in [4.78, 5) is 25.7. The van der Waals surface area contributed by atoms with Crippen LogP contribution < -0.4 is 20.8 Å². The second-order valence-electron chi connectivity index (χ2n) is 6.44. The first kappa shape index (κ1) is 19.1. The highest BCUT2D eigenvalue weighted by molar-refractivity contribution is 5.97. The van der Waals surface area contributed by atoms with Crippen LogP contribution in [0.2, 0.25) is 0 Å². The van der Waals surface area contributed by atoms with Crippen molar-refractivity contribution in [2.45, 2.75) is 25.6 Å². The first-order valence-electron chi connectivity index (χ1n) is 8.54. The van der Waals surface area contributed by atoms with Gasteiger partial charge in [-0.2, -0.15) is 0 Å². The van der Waals surface area contributed by atoms with E-state index >= 15 is 4.39 Å². The Balaban J connectivity index is 2.32. The van der Waals surface area contributed by atoms with Gasteiger partial charge in [-0.05, 0) is 13.0 Å². The van der Waals surface area contributed by atoms with Gasteiger partial charge in [-0.25, -0.2) is 9.18 Å². The average Bonchev–Trinajstić information content (AvgIpc) is 3.01. The Labute approximate surface area is 154 Å². The van der Waals surface area contributed by atoms with Crippen molar-refractivity contribution in [1.29, 1.82) is 0 Å². The Morgan fingerprint density at radius 3 is 2.63 bits per heavy atom. The molecule has 9 heteroatoms. The largest absolute Gasteiger partial charge is 0.492 e. The number of carboxylic acid groups (broad SMARTS) is 1. The van der Waals surface area contributed by atoms with Crippen molar-refractivity contribution in [2.24, 2.45) is 5.73 Å². The van der Waals surface area contributed by atoms with Crippen molar-refractivity contribution in [1.82, 2.24) is 4.57 Å². The lowest BCUT2D eigenvalue weighted by molar-refractivity contribution is 0.0695. The van der Waals surface area contributed by atoms with Crippen molar-refractivity contribution in [2.75, 3.05) is 32.2 Å². The Kier molecular flexibility index (Phi) is 5.07. The van der Waals surface area contributed by atoms with E-state index in [0.29, 0.717) is 25.2 Å². The summed E-state index contributed by atoms with van der Waals surface area (Å²) in [6, 6.07) is 0.775. The number of hydrogen-bond acceptors (Lipinski definition) is 6. The number of pyridine rings is 1. The number of nitrogens with zero attached hydrogens (tertiary/aromatic N) is 2. The minimum absolute atomic E-state index is 0.0402. The normalized spacial score (nSPS) is 19.7. The summed E-state index contributed by atoms with van der Waals surface area (Å²) in [6.07, 6.45) is 0.998. The number of methoxy groups -OCH3 is 2. The van der Waals surface area contributed by atoms with Gasteiger partial charge in [0.15, 0.2) is 11.6 Å². The van der Waals surface area contributed by atoms with Gasteiger partial charge in [-0.15, -0.1) is 0 Å². The lowest BCUT2D eigenvalue weighted by atomic mass is 10.1. The van der Waals surface area contributed by atoms with Crippen molar-refractivity contribution in [3.05, 3.63) is 33.9 Å². The fourth-order valence-electron chi connectivity index (χ4n) is 3.61. The van der Waals surface area contributed by atoms with Crippen LogP contribution in [0.3, 0.4) is 0 Å². The van der Waals surface area contributed by atoms with E-state index in [0.717, 1.165) is 6.07 Å². The molecule has 2 aromatic rings. The maximum atomic E-state index is 15.0.